The Morgan fingerprint density at radius 1 is 1.18 bits per heavy atom. The molecule has 0 N–H and O–H groups in total. The number of aromatic nitrogens is 4. The van der Waals surface area contributed by atoms with Gasteiger partial charge in [-0.3, -0.25) is 0 Å². The highest BCUT2D eigenvalue weighted by Crippen LogP contribution is 2.23. The van der Waals surface area contributed by atoms with Crippen molar-refractivity contribution in [3.63, 3.8) is 0 Å². The fourth-order valence-corrected chi connectivity index (χ4v) is 2.95. The summed E-state index contributed by atoms with van der Waals surface area (Å²) in [6.07, 6.45) is 6.69. The molecule has 2 aliphatic rings. The molecule has 0 radical (unpaired) electrons. The van der Waals surface area contributed by atoms with Gasteiger partial charge in [-0.1, -0.05) is 18.9 Å². The molecule has 2 fully saturated rings. The number of ether oxygens (including phenoxy) is 2. The number of hydrogen-bond acceptors (Lipinski definition) is 6. The van der Waals surface area contributed by atoms with E-state index in [-0.39, 0.29) is 12.2 Å². The molecule has 2 heterocycles. The van der Waals surface area contributed by atoms with Crippen LogP contribution in [0.5, 0.6) is 0 Å². The Morgan fingerprint density at radius 3 is 2.50 bits per heavy atom. The van der Waals surface area contributed by atoms with Crippen LogP contribution in [-0.4, -0.2) is 58.2 Å². The molecule has 0 bridgehead atoms. The molecule has 1 aliphatic heterocycles. The van der Waals surface area contributed by atoms with Gasteiger partial charge < -0.3 is 14.4 Å². The van der Waals surface area contributed by atoms with E-state index >= 15 is 0 Å². The first-order valence-electron chi connectivity index (χ1n) is 8.58. The summed E-state index contributed by atoms with van der Waals surface area (Å²) in [5.41, 5.74) is 0. The number of morpholine rings is 1. The molecule has 0 amide bonds. The molecular formula is C15H27N5O2. The van der Waals surface area contributed by atoms with Crippen molar-refractivity contribution in [1.82, 2.24) is 20.2 Å². The second-order valence-corrected chi connectivity index (χ2v) is 6.23. The van der Waals surface area contributed by atoms with Crippen LogP contribution in [0.25, 0.3) is 0 Å². The summed E-state index contributed by atoms with van der Waals surface area (Å²) in [5, 5.41) is 12.2. The normalized spacial score (nSPS) is 26.2. The highest BCUT2D eigenvalue weighted by atomic mass is 16.5. The van der Waals surface area contributed by atoms with Gasteiger partial charge in [0.15, 0.2) is 0 Å². The predicted octanol–water partition coefficient (Wildman–Crippen LogP) is 1.64. The van der Waals surface area contributed by atoms with Crippen molar-refractivity contribution in [3.05, 3.63) is 0 Å². The van der Waals surface area contributed by atoms with Crippen LogP contribution in [0.3, 0.4) is 0 Å². The molecule has 1 aromatic rings. The zero-order valence-electron chi connectivity index (χ0n) is 13.6. The summed E-state index contributed by atoms with van der Waals surface area (Å²) in [6, 6.07) is 0. The molecule has 0 spiro atoms. The molecular weight excluding hydrogens is 282 g/mol. The molecule has 7 heteroatoms. The van der Waals surface area contributed by atoms with Gasteiger partial charge in [0.25, 0.3) is 0 Å². The summed E-state index contributed by atoms with van der Waals surface area (Å²) in [4.78, 5) is 2.26. The van der Waals surface area contributed by atoms with Crippen molar-refractivity contribution in [2.75, 3.05) is 24.6 Å². The lowest BCUT2D eigenvalue weighted by Crippen LogP contribution is -2.48. The van der Waals surface area contributed by atoms with Crippen LogP contribution in [0.1, 0.15) is 46.0 Å². The van der Waals surface area contributed by atoms with Crippen LogP contribution >= 0.6 is 0 Å². The van der Waals surface area contributed by atoms with Crippen LogP contribution in [0, 0.1) is 0 Å². The summed E-state index contributed by atoms with van der Waals surface area (Å²) < 4.78 is 13.7. The Kier molecular flexibility index (Phi) is 5.25. The predicted molar refractivity (Wildman–Crippen MR) is 82.9 cm³/mol. The molecule has 7 nitrogen and oxygen atoms in total. The molecule has 1 saturated carbocycles. The summed E-state index contributed by atoms with van der Waals surface area (Å²) >= 11 is 0. The first kappa shape index (κ1) is 15.7. The van der Waals surface area contributed by atoms with Gasteiger partial charge in [-0.25, -0.2) is 4.68 Å². The quantitative estimate of drug-likeness (QED) is 0.763. The second-order valence-electron chi connectivity index (χ2n) is 6.23. The summed E-state index contributed by atoms with van der Waals surface area (Å²) in [5.74, 6) is 0.845. The van der Waals surface area contributed by atoms with Gasteiger partial charge in [0.1, 0.15) is 0 Å². The highest BCUT2D eigenvalue weighted by Gasteiger charge is 2.29. The van der Waals surface area contributed by atoms with Crippen molar-refractivity contribution in [2.24, 2.45) is 0 Å². The number of rotatable bonds is 7. The molecule has 2 unspecified atom stereocenters. The third-order valence-corrected chi connectivity index (χ3v) is 4.65. The third kappa shape index (κ3) is 3.57. The van der Waals surface area contributed by atoms with Crippen LogP contribution in [0.15, 0.2) is 0 Å². The van der Waals surface area contributed by atoms with E-state index in [2.05, 4.69) is 34.3 Å². The first-order chi connectivity index (χ1) is 10.8. The van der Waals surface area contributed by atoms with Gasteiger partial charge in [-0.15, -0.1) is 0 Å². The fourth-order valence-electron chi connectivity index (χ4n) is 2.95. The first-order valence-corrected chi connectivity index (χ1v) is 8.58. The van der Waals surface area contributed by atoms with Gasteiger partial charge >= 0.3 is 0 Å². The SMILES string of the molecule is CCC1CN(c2nnnn2CCOC2CCC2)CC(CC)O1. The van der Waals surface area contributed by atoms with Crippen molar-refractivity contribution in [3.8, 4) is 0 Å². The Morgan fingerprint density at radius 2 is 1.91 bits per heavy atom. The minimum Gasteiger partial charge on any atom is -0.376 e. The van der Waals surface area contributed by atoms with Crippen molar-refractivity contribution in [2.45, 2.75) is 70.8 Å². The van der Waals surface area contributed by atoms with Crippen LogP contribution in [0.4, 0.5) is 5.95 Å². The standard InChI is InChI=1S/C15H27N5O2/c1-3-12-10-19(11-13(4-2)22-12)15-16-17-18-20(15)8-9-21-14-6-5-7-14/h12-14H,3-11H2,1-2H3. The van der Waals surface area contributed by atoms with E-state index in [1.807, 2.05) is 4.68 Å². The molecule has 124 valence electrons. The number of tetrazole rings is 1. The maximum atomic E-state index is 6.04. The Hall–Kier alpha value is -1.21. The number of anilines is 1. The number of nitrogens with zero attached hydrogens (tertiary/aromatic N) is 5. The molecule has 3 rings (SSSR count). The lowest BCUT2D eigenvalue weighted by atomic mass is 9.96. The van der Waals surface area contributed by atoms with Crippen LogP contribution in [-0.2, 0) is 16.0 Å². The maximum Gasteiger partial charge on any atom is 0.245 e. The Labute approximate surface area is 131 Å². The van der Waals surface area contributed by atoms with Gasteiger partial charge in [-0.05, 0) is 42.5 Å². The largest absolute Gasteiger partial charge is 0.376 e. The molecule has 1 saturated heterocycles. The average Bonchev–Trinajstić information content (AvgIpc) is 2.97. The van der Waals surface area contributed by atoms with Crippen LogP contribution < -0.4 is 4.90 Å². The van der Waals surface area contributed by atoms with E-state index in [4.69, 9.17) is 9.47 Å². The van der Waals surface area contributed by atoms with E-state index in [1.165, 1.54) is 19.3 Å². The maximum absolute atomic E-state index is 6.04. The lowest BCUT2D eigenvalue weighted by Gasteiger charge is -2.37. The van der Waals surface area contributed by atoms with Crippen molar-refractivity contribution >= 4 is 5.95 Å². The van der Waals surface area contributed by atoms with Crippen molar-refractivity contribution in [1.29, 1.82) is 0 Å². The molecule has 0 aromatic carbocycles. The van der Waals surface area contributed by atoms with E-state index in [0.717, 1.165) is 31.9 Å². The van der Waals surface area contributed by atoms with E-state index in [1.54, 1.807) is 0 Å². The molecule has 2 atom stereocenters. The summed E-state index contributed by atoms with van der Waals surface area (Å²) in [7, 11) is 0. The third-order valence-electron chi connectivity index (χ3n) is 4.65. The Bertz CT molecular complexity index is 451. The Balaban J connectivity index is 1.59. The van der Waals surface area contributed by atoms with Crippen LogP contribution in [0.2, 0.25) is 0 Å². The number of hydrogen-bond donors (Lipinski definition) is 0. The molecule has 1 aliphatic carbocycles. The fraction of sp³-hybridized carbons (Fsp3) is 0.933. The zero-order chi connectivity index (χ0) is 15.4. The average molecular weight is 309 g/mol. The lowest BCUT2D eigenvalue weighted by molar-refractivity contribution is -0.0294. The molecule has 1 aromatic heterocycles. The minimum absolute atomic E-state index is 0.259. The smallest absolute Gasteiger partial charge is 0.245 e. The molecule has 22 heavy (non-hydrogen) atoms. The van der Waals surface area contributed by atoms with Gasteiger partial charge in [0, 0.05) is 13.1 Å². The van der Waals surface area contributed by atoms with Gasteiger partial charge in [-0.2, -0.15) is 0 Å². The monoisotopic (exact) mass is 309 g/mol. The van der Waals surface area contributed by atoms with E-state index in [0.29, 0.717) is 19.3 Å². The van der Waals surface area contributed by atoms with Gasteiger partial charge in [0.2, 0.25) is 5.95 Å². The van der Waals surface area contributed by atoms with E-state index in [9.17, 15) is 0 Å². The topological polar surface area (TPSA) is 65.3 Å². The van der Waals surface area contributed by atoms with E-state index < -0.39 is 0 Å². The van der Waals surface area contributed by atoms with Crippen molar-refractivity contribution < 1.29 is 9.47 Å². The minimum atomic E-state index is 0.259. The zero-order valence-corrected chi connectivity index (χ0v) is 13.6. The summed E-state index contributed by atoms with van der Waals surface area (Å²) in [6.45, 7) is 7.44. The second kappa shape index (κ2) is 7.37. The van der Waals surface area contributed by atoms with Gasteiger partial charge in [0.05, 0.1) is 31.5 Å². The highest BCUT2D eigenvalue weighted by molar-refractivity contribution is 5.29.